The molecule has 0 aliphatic rings. The van der Waals surface area contributed by atoms with Crippen molar-refractivity contribution in [2.45, 2.75) is 13.3 Å². The quantitative estimate of drug-likeness (QED) is 0.467. The van der Waals surface area contributed by atoms with Crippen molar-refractivity contribution in [2.75, 3.05) is 0 Å². The molecule has 0 atom stereocenters. The van der Waals surface area contributed by atoms with Crippen LogP contribution in [0.2, 0.25) is 5.02 Å². The van der Waals surface area contributed by atoms with Crippen LogP contribution in [0.3, 0.4) is 0 Å². The van der Waals surface area contributed by atoms with Crippen LogP contribution in [0.1, 0.15) is 12.7 Å². The van der Waals surface area contributed by atoms with E-state index in [1.54, 1.807) is 28.9 Å². The summed E-state index contributed by atoms with van der Waals surface area (Å²) in [6.45, 7) is 1.97. The molecule has 0 radical (unpaired) electrons. The van der Waals surface area contributed by atoms with Crippen LogP contribution < -0.4 is 5.56 Å². The van der Waals surface area contributed by atoms with Crippen LogP contribution in [0.5, 0.6) is 0 Å². The van der Waals surface area contributed by atoms with E-state index in [1.807, 2.05) is 19.1 Å². The summed E-state index contributed by atoms with van der Waals surface area (Å²) in [5.74, 6) is 1.09. The minimum Gasteiger partial charge on any atom is -0.267 e. The van der Waals surface area contributed by atoms with Crippen LogP contribution in [0.4, 0.5) is 0 Å². The lowest BCUT2D eigenvalue weighted by Gasteiger charge is -2.11. The van der Waals surface area contributed by atoms with Crippen molar-refractivity contribution in [2.24, 2.45) is 0 Å². The summed E-state index contributed by atoms with van der Waals surface area (Å²) in [4.78, 5) is 22.4. The van der Waals surface area contributed by atoms with Crippen LogP contribution in [-0.2, 0) is 6.42 Å². The van der Waals surface area contributed by atoms with Crippen LogP contribution in [0.25, 0.3) is 27.9 Å². The lowest BCUT2D eigenvalue weighted by Crippen LogP contribution is -2.25. The van der Waals surface area contributed by atoms with Gasteiger partial charge in [0.1, 0.15) is 12.7 Å². The number of hydrogen-bond donors (Lipinski definition) is 0. The monoisotopic (exact) mass is 392 g/mol. The third-order valence-corrected chi connectivity index (χ3v) is 4.70. The molecule has 4 heterocycles. The molecular weight excluding hydrogens is 380 g/mol. The van der Waals surface area contributed by atoms with Gasteiger partial charge in [-0.2, -0.15) is 9.50 Å². The Bertz CT molecular complexity index is 1370. The lowest BCUT2D eigenvalue weighted by molar-refractivity contribution is 0.632. The Balaban J connectivity index is 1.95. The normalized spacial score (nSPS) is 11.5. The van der Waals surface area contributed by atoms with Crippen molar-refractivity contribution in [1.82, 2.24) is 39.1 Å². The molecular formula is C18H13ClN8O. The number of aryl methyl sites for hydroxylation is 1. The van der Waals surface area contributed by atoms with E-state index in [9.17, 15) is 4.79 Å². The molecule has 28 heavy (non-hydrogen) atoms. The number of hydrogen-bond acceptors (Lipinski definition) is 6. The summed E-state index contributed by atoms with van der Waals surface area (Å²) in [5.41, 5.74) is 1.65. The highest BCUT2D eigenvalue weighted by atomic mass is 35.5. The number of fused-ring (bicyclic) bond motifs is 2. The maximum absolute atomic E-state index is 13.4. The Kier molecular flexibility index (Phi) is 3.69. The largest absolute Gasteiger partial charge is 0.281 e. The second-order valence-corrected chi connectivity index (χ2v) is 6.56. The van der Waals surface area contributed by atoms with Gasteiger partial charge in [0.25, 0.3) is 11.3 Å². The molecule has 0 aliphatic carbocycles. The Morgan fingerprint density at radius 1 is 1.04 bits per heavy atom. The number of benzene rings is 1. The van der Waals surface area contributed by atoms with Gasteiger partial charge >= 0.3 is 0 Å². The van der Waals surface area contributed by atoms with Gasteiger partial charge in [-0.05, 0) is 18.2 Å². The first kappa shape index (κ1) is 16.6. The van der Waals surface area contributed by atoms with Gasteiger partial charge in [-0.1, -0.05) is 30.7 Å². The summed E-state index contributed by atoms with van der Waals surface area (Å²) < 4.78 is 4.52. The average Bonchev–Trinajstić information content (AvgIpc) is 3.37. The predicted molar refractivity (Wildman–Crippen MR) is 103 cm³/mol. The van der Waals surface area contributed by atoms with Crippen molar-refractivity contribution in [1.29, 1.82) is 0 Å². The van der Waals surface area contributed by atoms with Crippen molar-refractivity contribution in [3.63, 3.8) is 0 Å². The van der Waals surface area contributed by atoms with Crippen molar-refractivity contribution in [3.05, 3.63) is 70.4 Å². The summed E-state index contributed by atoms with van der Waals surface area (Å²) >= 11 is 6.06. The van der Waals surface area contributed by atoms with Gasteiger partial charge in [-0.25, -0.2) is 14.3 Å². The highest BCUT2D eigenvalue weighted by molar-refractivity contribution is 6.30. The molecule has 0 bridgehead atoms. The van der Waals surface area contributed by atoms with Crippen LogP contribution in [0, 0.1) is 0 Å². The SMILES string of the molecule is CCc1nc2nc3ccn(-n4cnnc4)c(=O)c3c(-c3ccc(Cl)cc3)n2n1. The van der Waals surface area contributed by atoms with Gasteiger partial charge < -0.3 is 0 Å². The maximum Gasteiger partial charge on any atom is 0.281 e. The predicted octanol–water partition coefficient (Wildman–Crippen LogP) is 2.22. The number of aromatic nitrogens is 8. The molecule has 0 saturated heterocycles. The van der Waals surface area contributed by atoms with Crippen LogP contribution in [-0.4, -0.2) is 39.1 Å². The molecule has 0 aliphatic heterocycles. The van der Waals surface area contributed by atoms with Crippen LogP contribution >= 0.6 is 11.6 Å². The highest BCUT2D eigenvalue weighted by Gasteiger charge is 2.18. The Labute approximate surface area is 162 Å². The van der Waals surface area contributed by atoms with Gasteiger partial charge in [-0.15, -0.1) is 15.3 Å². The van der Waals surface area contributed by atoms with Gasteiger partial charge in [0.05, 0.1) is 16.6 Å². The minimum atomic E-state index is -0.273. The molecule has 1 aromatic carbocycles. The summed E-state index contributed by atoms with van der Waals surface area (Å²) in [7, 11) is 0. The zero-order chi connectivity index (χ0) is 19.3. The standard InChI is InChI=1S/C18H13ClN8O/c1-2-14-23-18-22-13-7-8-26(25-9-20-21-10-25)17(28)15(13)16(27(18)24-14)11-3-5-12(19)6-4-11/h3-10H,2H2,1H3. The van der Waals surface area contributed by atoms with Gasteiger partial charge in [0.2, 0.25) is 0 Å². The topological polar surface area (TPSA) is 95.8 Å². The molecule has 0 fully saturated rings. The first-order chi connectivity index (χ1) is 13.7. The first-order valence-corrected chi connectivity index (χ1v) is 8.95. The van der Waals surface area contributed by atoms with E-state index in [-0.39, 0.29) is 5.56 Å². The summed E-state index contributed by atoms with van der Waals surface area (Å²) in [5, 5.41) is 13.1. The van der Waals surface area contributed by atoms with Crippen molar-refractivity contribution < 1.29 is 0 Å². The molecule has 0 spiro atoms. The zero-order valence-corrected chi connectivity index (χ0v) is 15.4. The highest BCUT2D eigenvalue weighted by Crippen LogP contribution is 2.27. The lowest BCUT2D eigenvalue weighted by atomic mass is 10.1. The molecule has 10 heteroatoms. The smallest absolute Gasteiger partial charge is 0.267 e. The molecule has 138 valence electrons. The van der Waals surface area contributed by atoms with E-state index in [4.69, 9.17) is 11.6 Å². The molecule has 5 aromatic rings. The third kappa shape index (κ3) is 2.48. The summed E-state index contributed by atoms with van der Waals surface area (Å²) in [6.07, 6.45) is 5.18. The zero-order valence-electron chi connectivity index (χ0n) is 14.7. The molecule has 5 rings (SSSR count). The van der Waals surface area contributed by atoms with E-state index in [0.717, 1.165) is 5.56 Å². The van der Waals surface area contributed by atoms with E-state index in [2.05, 4.69) is 25.3 Å². The average molecular weight is 393 g/mol. The summed E-state index contributed by atoms with van der Waals surface area (Å²) in [6, 6.07) is 9.00. The molecule has 9 nitrogen and oxygen atoms in total. The maximum atomic E-state index is 13.4. The molecule has 0 unspecified atom stereocenters. The molecule has 0 saturated carbocycles. The van der Waals surface area contributed by atoms with Gasteiger partial charge in [0.15, 0.2) is 5.82 Å². The van der Waals surface area contributed by atoms with Crippen LogP contribution in [0.15, 0.2) is 54.0 Å². The van der Waals surface area contributed by atoms with Gasteiger partial charge in [-0.3, -0.25) is 4.79 Å². The first-order valence-electron chi connectivity index (χ1n) is 8.58. The Morgan fingerprint density at radius 3 is 2.50 bits per heavy atom. The van der Waals surface area contributed by atoms with E-state index in [0.29, 0.717) is 39.6 Å². The molecule has 4 aromatic heterocycles. The Hall–Kier alpha value is -3.59. The second-order valence-electron chi connectivity index (χ2n) is 6.13. The third-order valence-electron chi connectivity index (χ3n) is 4.44. The Morgan fingerprint density at radius 2 is 1.79 bits per heavy atom. The molecule has 0 amide bonds. The van der Waals surface area contributed by atoms with Gasteiger partial charge in [0, 0.05) is 23.2 Å². The number of rotatable bonds is 3. The fraction of sp³-hybridized carbons (Fsp3) is 0.111. The van der Waals surface area contributed by atoms with E-state index >= 15 is 0 Å². The van der Waals surface area contributed by atoms with Crippen molar-refractivity contribution in [3.8, 4) is 11.3 Å². The van der Waals surface area contributed by atoms with Crippen molar-refractivity contribution >= 4 is 28.3 Å². The fourth-order valence-electron chi connectivity index (χ4n) is 3.13. The number of halogens is 1. The fourth-order valence-corrected chi connectivity index (χ4v) is 3.25. The minimum absolute atomic E-state index is 0.273. The van der Waals surface area contributed by atoms with E-state index < -0.39 is 0 Å². The second kappa shape index (κ2) is 6.24. The van der Waals surface area contributed by atoms with E-state index in [1.165, 1.54) is 22.0 Å². The number of nitrogens with zero attached hydrogens (tertiary/aromatic N) is 8. The molecule has 0 N–H and O–H groups in total. The number of pyridine rings is 1.